The SMILES string of the molecule is Cn1c(=O)[nH]c2ncn(CC(O)CO)c2c1=O. The van der Waals surface area contributed by atoms with Gasteiger partial charge in [0.1, 0.15) is 0 Å². The van der Waals surface area contributed by atoms with Crippen molar-refractivity contribution in [3.05, 3.63) is 27.2 Å². The zero-order valence-electron chi connectivity index (χ0n) is 9.12. The molecule has 2 aromatic rings. The Balaban J connectivity index is 2.64. The number of aliphatic hydroxyl groups excluding tert-OH is 2. The van der Waals surface area contributed by atoms with Crippen molar-refractivity contribution in [2.45, 2.75) is 12.6 Å². The highest BCUT2D eigenvalue weighted by Crippen LogP contribution is 2.04. The van der Waals surface area contributed by atoms with Gasteiger partial charge in [0.25, 0.3) is 5.56 Å². The van der Waals surface area contributed by atoms with Gasteiger partial charge in [0.05, 0.1) is 25.6 Å². The number of nitrogens with zero attached hydrogens (tertiary/aromatic N) is 3. The van der Waals surface area contributed by atoms with E-state index in [0.29, 0.717) is 0 Å². The van der Waals surface area contributed by atoms with E-state index < -0.39 is 24.0 Å². The van der Waals surface area contributed by atoms with E-state index in [2.05, 4.69) is 9.97 Å². The van der Waals surface area contributed by atoms with Gasteiger partial charge in [0.15, 0.2) is 11.2 Å². The van der Waals surface area contributed by atoms with E-state index in [9.17, 15) is 14.7 Å². The first-order valence-electron chi connectivity index (χ1n) is 4.97. The Labute approximate surface area is 94.8 Å². The molecule has 0 aliphatic rings. The second kappa shape index (κ2) is 4.15. The third-order valence-electron chi connectivity index (χ3n) is 2.49. The zero-order chi connectivity index (χ0) is 12.6. The highest BCUT2D eigenvalue weighted by Gasteiger charge is 2.13. The summed E-state index contributed by atoms with van der Waals surface area (Å²) in [5.41, 5.74) is -0.676. The molecule has 8 heteroatoms. The molecule has 0 saturated heterocycles. The lowest BCUT2D eigenvalue weighted by atomic mass is 10.3. The maximum Gasteiger partial charge on any atom is 0.329 e. The van der Waals surface area contributed by atoms with Gasteiger partial charge < -0.3 is 14.8 Å². The Hall–Kier alpha value is -1.93. The predicted octanol–water partition coefficient (Wildman–Crippen LogP) is -2.22. The number of nitrogens with one attached hydrogen (secondary N) is 1. The normalized spacial score (nSPS) is 13.1. The van der Waals surface area contributed by atoms with Crippen molar-refractivity contribution >= 4 is 11.2 Å². The largest absolute Gasteiger partial charge is 0.394 e. The standard InChI is InChI=1S/C9H12N4O4/c1-12-8(16)6-7(11-9(12)17)10-4-13(6)2-5(15)3-14/h4-5,14-15H,2-3H2,1H3,(H,11,17). The quantitative estimate of drug-likeness (QED) is 0.562. The van der Waals surface area contributed by atoms with Crippen LogP contribution >= 0.6 is 0 Å². The number of H-pyrrole nitrogens is 1. The van der Waals surface area contributed by atoms with Crippen LogP contribution in [0.4, 0.5) is 0 Å². The number of hydrogen-bond acceptors (Lipinski definition) is 5. The summed E-state index contributed by atoms with van der Waals surface area (Å²) in [7, 11) is 1.35. The van der Waals surface area contributed by atoms with Crippen molar-refractivity contribution < 1.29 is 10.2 Å². The smallest absolute Gasteiger partial charge is 0.329 e. The van der Waals surface area contributed by atoms with Crippen molar-refractivity contribution in [2.75, 3.05) is 6.61 Å². The molecule has 8 nitrogen and oxygen atoms in total. The van der Waals surface area contributed by atoms with Crippen molar-refractivity contribution in [2.24, 2.45) is 7.05 Å². The van der Waals surface area contributed by atoms with Crippen LogP contribution in [0.3, 0.4) is 0 Å². The Morgan fingerprint density at radius 3 is 2.88 bits per heavy atom. The van der Waals surface area contributed by atoms with E-state index in [4.69, 9.17) is 5.11 Å². The van der Waals surface area contributed by atoms with Crippen LogP contribution in [0.1, 0.15) is 0 Å². The fourth-order valence-electron chi connectivity index (χ4n) is 1.56. The number of aromatic amines is 1. The molecule has 0 saturated carbocycles. The molecule has 3 N–H and O–H groups in total. The fraction of sp³-hybridized carbons (Fsp3) is 0.444. The third kappa shape index (κ3) is 1.87. The first kappa shape index (κ1) is 11.6. The molecule has 0 aliphatic carbocycles. The van der Waals surface area contributed by atoms with Crippen LogP contribution in [0.25, 0.3) is 11.2 Å². The topological polar surface area (TPSA) is 113 Å². The second-order valence-corrected chi connectivity index (χ2v) is 3.72. The van der Waals surface area contributed by atoms with Gasteiger partial charge in [-0.25, -0.2) is 9.78 Å². The van der Waals surface area contributed by atoms with Gasteiger partial charge in [-0.05, 0) is 0 Å². The van der Waals surface area contributed by atoms with E-state index in [1.807, 2.05) is 0 Å². The Kier molecular flexibility index (Phi) is 2.82. The molecular weight excluding hydrogens is 228 g/mol. The van der Waals surface area contributed by atoms with Crippen molar-refractivity contribution in [3.8, 4) is 0 Å². The number of aliphatic hydroxyl groups is 2. The van der Waals surface area contributed by atoms with E-state index in [0.717, 1.165) is 4.57 Å². The first-order chi connectivity index (χ1) is 8.04. The average molecular weight is 240 g/mol. The zero-order valence-corrected chi connectivity index (χ0v) is 9.12. The molecule has 0 amide bonds. The highest BCUT2D eigenvalue weighted by atomic mass is 16.3. The minimum absolute atomic E-state index is 0.0360. The van der Waals surface area contributed by atoms with Crippen LogP contribution in [0.5, 0.6) is 0 Å². The van der Waals surface area contributed by atoms with Crippen LogP contribution in [0.2, 0.25) is 0 Å². The van der Waals surface area contributed by atoms with E-state index >= 15 is 0 Å². The van der Waals surface area contributed by atoms with E-state index in [1.54, 1.807) is 0 Å². The van der Waals surface area contributed by atoms with Crippen LogP contribution in [-0.2, 0) is 13.6 Å². The number of hydrogen-bond donors (Lipinski definition) is 3. The summed E-state index contributed by atoms with van der Waals surface area (Å²) in [6.45, 7) is -0.377. The van der Waals surface area contributed by atoms with Crippen molar-refractivity contribution in [1.29, 1.82) is 0 Å². The summed E-state index contributed by atoms with van der Waals surface area (Å²) in [5.74, 6) is 0. The molecular formula is C9H12N4O4. The van der Waals surface area contributed by atoms with Crippen LogP contribution < -0.4 is 11.2 Å². The molecule has 2 rings (SSSR count). The van der Waals surface area contributed by atoms with E-state index in [1.165, 1.54) is 17.9 Å². The van der Waals surface area contributed by atoms with Crippen LogP contribution in [0.15, 0.2) is 15.9 Å². The summed E-state index contributed by atoms with van der Waals surface area (Å²) in [6, 6.07) is 0. The number of rotatable bonds is 3. The molecule has 2 heterocycles. The Bertz CT molecular complexity index is 653. The molecule has 0 bridgehead atoms. The van der Waals surface area contributed by atoms with Gasteiger partial charge >= 0.3 is 5.69 Å². The Morgan fingerprint density at radius 2 is 2.24 bits per heavy atom. The summed E-state index contributed by atoms with van der Waals surface area (Å²) < 4.78 is 2.32. The number of aromatic nitrogens is 4. The van der Waals surface area contributed by atoms with Gasteiger partial charge in [0.2, 0.25) is 0 Å². The third-order valence-corrected chi connectivity index (χ3v) is 2.49. The van der Waals surface area contributed by atoms with E-state index in [-0.39, 0.29) is 17.7 Å². The molecule has 0 radical (unpaired) electrons. The summed E-state index contributed by atoms with van der Waals surface area (Å²) in [4.78, 5) is 29.5. The van der Waals surface area contributed by atoms with Gasteiger partial charge in [-0.2, -0.15) is 0 Å². The molecule has 0 aromatic carbocycles. The minimum atomic E-state index is -0.982. The summed E-state index contributed by atoms with van der Waals surface area (Å²) in [6.07, 6.45) is 0.352. The molecule has 0 fully saturated rings. The van der Waals surface area contributed by atoms with Crippen molar-refractivity contribution in [3.63, 3.8) is 0 Å². The molecule has 92 valence electrons. The second-order valence-electron chi connectivity index (χ2n) is 3.72. The first-order valence-corrected chi connectivity index (χ1v) is 4.97. The molecule has 2 aromatic heterocycles. The summed E-state index contributed by atoms with van der Waals surface area (Å²) in [5, 5.41) is 18.1. The molecule has 17 heavy (non-hydrogen) atoms. The van der Waals surface area contributed by atoms with Gasteiger partial charge in [0, 0.05) is 7.05 Å². The van der Waals surface area contributed by atoms with Crippen LogP contribution in [-0.4, -0.2) is 42.0 Å². The Morgan fingerprint density at radius 1 is 1.53 bits per heavy atom. The predicted molar refractivity (Wildman–Crippen MR) is 58.7 cm³/mol. The van der Waals surface area contributed by atoms with Crippen molar-refractivity contribution in [1.82, 2.24) is 19.1 Å². The number of fused-ring (bicyclic) bond motifs is 1. The molecule has 0 aliphatic heterocycles. The molecule has 0 spiro atoms. The van der Waals surface area contributed by atoms with Gasteiger partial charge in [-0.15, -0.1) is 0 Å². The lowest BCUT2D eigenvalue weighted by Gasteiger charge is -2.08. The fourth-order valence-corrected chi connectivity index (χ4v) is 1.56. The maximum atomic E-state index is 11.8. The molecule has 1 unspecified atom stereocenters. The lowest BCUT2D eigenvalue weighted by molar-refractivity contribution is 0.0820. The van der Waals surface area contributed by atoms with Gasteiger partial charge in [-0.1, -0.05) is 0 Å². The molecule has 1 atom stereocenters. The van der Waals surface area contributed by atoms with Gasteiger partial charge in [-0.3, -0.25) is 14.3 Å². The summed E-state index contributed by atoms with van der Waals surface area (Å²) >= 11 is 0. The number of imidazole rings is 1. The monoisotopic (exact) mass is 240 g/mol. The minimum Gasteiger partial charge on any atom is -0.394 e. The average Bonchev–Trinajstić information content (AvgIpc) is 2.69. The van der Waals surface area contributed by atoms with Crippen LogP contribution in [0, 0.1) is 0 Å². The maximum absolute atomic E-state index is 11.8. The lowest BCUT2D eigenvalue weighted by Crippen LogP contribution is -2.33. The highest BCUT2D eigenvalue weighted by molar-refractivity contribution is 5.68.